The molecule has 3 heterocycles. The molecule has 0 unspecified atom stereocenters. The molecule has 2 N–H and O–H groups in total. The van der Waals surface area contributed by atoms with Gasteiger partial charge in [0.15, 0.2) is 23.0 Å². The zero-order valence-corrected chi connectivity index (χ0v) is 33.9. The quantitative estimate of drug-likeness (QED) is 0.0535. The van der Waals surface area contributed by atoms with Gasteiger partial charge in [-0.3, -0.25) is 14.3 Å². The predicted molar refractivity (Wildman–Crippen MR) is 226 cm³/mol. The van der Waals surface area contributed by atoms with Crippen LogP contribution in [0.2, 0.25) is 0 Å². The van der Waals surface area contributed by atoms with Crippen LogP contribution in [0.15, 0.2) is 157 Å². The van der Waals surface area contributed by atoms with Gasteiger partial charge in [0.1, 0.15) is 11.3 Å². The summed E-state index contributed by atoms with van der Waals surface area (Å²) in [5.74, 6) is -3.70. The third-order valence-corrected chi connectivity index (χ3v) is 11.4. The summed E-state index contributed by atoms with van der Waals surface area (Å²) in [7, 11) is 1.59. The summed E-state index contributed by atoms with van der Waals surface area (Å²) in [6, 6.07) is 43.1. The Labute approximate surface area is 351 Å². The number of carbonyl (C=O) groups is 2. The molecule has 4 atom stereocenters. The number of fused-ring (bicyclic) bond motifs is 1. The lowest BCUT2D eigenvalue weighted by molar-refractivity contribution is -0.168. The van der Waals surface area contributed by atoms with Gasteiger partial charge in [0.25, 0.3) is 11.4 Å². The number of rotatable bonds is 12. The van der Waals surface area contributed by atoms with Crippen LogP contribution >= 0.6 is 22.6 Å². The van der Waals surface area contributed by atoms with Gasteiger partial charge in [0, 0.05) is 0 Å². The van der Waals surface area contributed by atoms with Crippen LogP contribution in [0.1, 0.15) is 50.6 Å². The molecule has 0 spiro atoms. The number of alkyl halides is 2. The molecular weight excluding hydrogens is 868 g/mol. The van der Waals surface area contributed by atoms with Gasteiger partial charge in [-0.05, 0) is 60.0 Å². The monoisotopic (exact) mass is 905 g/mol. The van der Waals surface area contributed by atoms with Crippen molar-refractivity contribution in [3.8, 4) is 5.75 Å². The van der Waals surface area contributed by atoms with Crippen molar-refractivity contribution >= 4 is 51.6 Å². The molecule has 12 nitrogen and oxygen atoms in total. The average molecular weight is 906 g/mol. The zero-order chi connectivity index (χ0) is 41.2. The SMILES string of the molecule is COc1ccc(C(Nc2nc3c(ncn3[C@@H]3O[C@](F)(CI)[C@@H](OC(=O)c4ccccc4)[C@@]3(C)OC(=O)c3ccccc3)c(=O)[nH]2)(c2ccccc2)c2ccccc2)cc1. The van der Waals surface area contributed by atoms with Crippen LogP contribution in [0, 0.1) is 0 Å². The van der Waals surface area contributed by atoms with Gasteiger partial charge < -0.3 is 24.3 Å². The van der Waals surface area contributed by atoms with Gasteiger partial charge in [-0.1, -0.05) is 132 Å². The second kappa shape index (κ2) is 16.1. The first-order chi connectivity index (χ1) is 28.6. The number of nitrogens with zero attached hydrogens (tertiary/aromatic N) is 3. The Balaban J connectivity index is 1.28. The average Bonchev–Trinajstić information content (AvgIpc) is 3.80. The number of benzene rings is 5. The van der Waals surface area contributed by atoms with E-state index in [1.807, 2.05) is 84.9 Å². The number of esters is 2. The molecule has 59 heavy (non-hydrogen) atoms. The fraction of sp³-hybridized carbons (Fsp3) is 0.178. The Morgan fingerprint density at radius 2 is 1.36 bits per heavy atom. The maximum absolute atomic E-state index is 17.3. The minimum absolute atomic E-state index is 0.0289. The summed E-state index contributed by atoms with van der Waals surface area (Å²) in [6.45, 7) is 1.42. The van der Waals surface area contributed by atoms with Crippen molar-refractivity contribution in [2.45, 2.75) is 36.3 Å². The fourth-order valence-electron chi connectivity index (χ4n) is 7.52. The summed E-state index contributed by atoms with van der Waals surface area (Å²) >= 11 is 1.79. The van der Waals surface area contributed by atoms with E-state index in [9.17, 15) is 14.4 Å². The minimum atomic E-state index is -2.69. The molecule has 5 aromatic carbocycles. The van der Waals surface area contributed by atoms with Crippen LogP contribution in [0.25, 0.3) is 11.2 Å². The summed E-state index contributed by atoms with van der Waals surface area (Å²) < 4.78 is 42.1. The summed E-state index contributed by atoms with van der Waals surface area (Å²) in [5, 5.41) is 3.55. The highest BCUT2D eigenvalue weighted by Crippen LogP contribution is 2.51. The lowest BCUT2D eigenvalue weighted by atomic mass is 9.77. The maximum Gasteiger partial charge on any atom is 0.338 e. The highest BCUT2D eigenvalue weighted by molar-refractivity contribution is 14.1. The molecule has 8 rings (SSSR count). The van der Waals surface area contributed by atoms with Crippen molar-refractivity contribution in [2.75, 3.05) is 16.9 Å². The Morgan fingerprint density at radius 3 is 1.90 bits per heavy atom. The van der Waals surface area contributed by atoms with Gasteiger partial charge in [-0.25, -0.2) is 19.0 Å². The van der Waals surface area contributed by atoms with Gasteiger partial charge in [-0.15, -0.1) is 0 Å². The van der Waals surface area contributed by atoms with Crippen LogP contribution in [0.4, 0.5) is 10.3 Å². The standard InChI is InChI=1S/C45H37FIN5O7/c1-43(58-39(55)30-17-9-4-10-18-30)40(57-38(54)29-15-7-3-8-16-29)44(46,27-47)59-41(43)52-28-48-35-36(52)49-42(50-37(35)53)51-45(31-19-11-5-12-20-31,32-21-13-6-14-22-32)33-23-25-34(56-2)26-24-33/h3-26,28,40-41H,27H2,1-2H3,(H2,49,50,51,53)/t40-,41+,43+,44+/m0/s1. The molecule has 0 saturated carbocycles. The van der Waals surface area contributed by atoms with Crippen molar-refractivity contribution in [2.24, 2.45) is 0 Å². The third-order valence-electron chi connectivity index (χ3n) is 10.4. The number of H-pyrrole nitrogens is 1. The van der Waals surface area contributed by atoms with E-state index in [-0.39, 0.29) is 32.7 Å². The summed E-state index contributed by atoms with van der Waals surface area (Å²) in [5.41, 5.74) is -1.19. The van der Waals surface area contributed by atoms with E-state index in [4.69, 9.17) is 23.9 Å². The van der Waals surface area contributed by atoms with E-state index in [0.29, 0.717) is 5.75 Å². The Morgan fingerprint density at radius 1 is 0.831 bits per heavy atom. The number of hydrogen-bond acceptors (Lipinski definition) is 10. The van der Waals surface area contributed by atoms with E-state index in [0.717, 1.165) is 16.7 Å². The van der Waals surface area contributed by atoms with Crippen molar-refractivity contribution in [1.82, 2.24) is 19.5 Å². The zero-order valence-electron chi connectivity index (χ0n) is 31.8. The lowest BCUT2D eigenvalue weighted by Gasteiger charge is -2.37. The molecule has 0 radical (unpaired) electrons. The number of carbonyl (C=O) groups excluding carboxylic acids is 2. The molecule has 2 aromatic heterocycles. The summed E-state index contributed by atoms with van der Waals surface area (Å²) in [6.07, 6.45) is -2.09. The first kappa shape index (κ1) is 39.4. The van der Waals surface area contributed by atoms with E-state index in [2.05, 4.69) is 15.3 Å². The van der Waals surface area contributed by atoms with Crippen LogP contribution in [0.5, 0.6) is 5.75 Å². The van der Waals surface area contributed by atoms with Gasteiger partial charge in [-0.2, -0.15) is 4.98 Å². The number of halogens is 2. The number of methoxy groups -OCH3 is 1. The molecule has 1 fully saturated rings. The smallest absolute Gasteiger partial charge is 0.338 e. The Bertz CT molecular complexity index is 2610. The number of aromatic nitrogens is 4. The molecular formula is C45H37FIN5O7. The second-order valence-corrected chi connectivity index (χ2v) is 14.8. The van der Waals surface area contributed by atoms with Crippen LogP contribution in [-0.2, 0) is 19.7 Å². The number of aromatic amines is 1. The Kier molecular flexibility index (Phi) is 10.8. The molecule has 7 aromatic rings. The van der Waals surface area contributed by atoms with Crippen molar-refractivity contribution in [3.63, 3.8) is 0 Å². The van der Waals surface area contributed by atoms with Crippen molar-refractivity contribution < 1.29 is 32.9 Å². The highest BCUT2D eigenvalue weighted by atomic mass is 127. The number of nitrogens with one attached hydrogen (secondary N) is 2. The van der Waals surface area contributed by atoms with Gasteiger partial charge in [0.05, 0.1) is 29.0 Å². The third kappa shape index (κ3) is 7.22. The molecule has 1 saturated heterocycles. The van der Waals surface area contributed by atoms with Crippen LogP contribution in [0.3, 0.4) is 0 Å². The highest BCUT2D eigenvalue weighted by Gasteiger charge is 2.68. The Hall–Kier alpha value is -6.39. The largest absolute Gasteiger partial charge is 0.497 e. The molecule has 0 aliphatic carbocycles. The van der Waals surface area contributed by atoms with E-state index in [1.54, 1.807) is 78.2 Å². The normalized spacial score (nSPS) is 20.2. The van der Waals surface area contributed by atoms with E-state index >= 15 is 4.39 Å². The van der Waals surface area contributed by atoms with Crippen LogP contribution < -0.4 is 15.6 Å². The molecule has 0 bridgehead atoms. The number of anilines is 1. The number of imidazole rings is 1. The van der Waals surface area contributed by atoms with Crippen molar-refractivity contribution in [1.29, 1.82) is 0 Å². The minimum Gasteiger partial charge on any atom is -0.497 e. The number of ether oxygens (including phenoxy) is 4. The predicted octanol–water partition coefficient (Wildman–Crippen LogP) is 8.00. The topological polar surface area (TPSA) is 147 Å². The first-order valence-electron chi connectivity index (χ1n) is 18.6. The fourth-order valence-corrected chi connectivity index (χ4v) is 8.10. The summed E-state index contributed by atoms with van der Waals surface area (Å²) in [4.78, 5) is 53.5. The van der Waals surface area contributed by atoms with Crippen LogP contribution in [-0.4, -0.2) is 60.6 Å². The number of hydrogen-bond donors (Lipinski definition) is 2. The second-order valence-electron chi connectivity index (χ2n) is 14.1. The van der Waals surface area contributed by atoms with Gasteiger partial charge in [0.2, 0.25) is 12.1 Å². The molecule has 298 valence electrons. The molecule has 1 aliphatic heterocycles. The molecule has 14 heteroatoms. The first-order valence-corrected chi connectivity index (χ1v) is 20.1. The van der Waals surface area contributed by atoms with E-state index in [1.165, 1.54) is 30.0 Å². The van der Waals surface area contributed by atoms with Gasteiger partial charge >= 0.3 is 11.9 Å². The molecule has 0 amide bonds. The molecule has 1 aliphatic rings. The van der Waals surface area contributed by atoms with E-state index < -0.39 is 46.8 Å². The maximum atomic E-state index is 17.3. The lowest BCUT2D eigenvalue weighted by Crippen LogP contribution is -2.53. The van der Waals surface area contributed by atoms with Crippen molar-refractivity contribution in [3.05, 3.63) is 190 Å².